The number of hydrogen-bond acceptors (Lipinski definition) is 4. The number of aromatic nitrogens is 4. The van der Waals surface area contributed by atoms with Gasteiger partial charge in [0.2, 0.25) is 0 Å². The SMILES string of the molecule is c1ccc(-c2ccc(-c3cc(-c4ccc(-c5cnc6c(ccc7cccnc76)c5)cn4)cc(-c4cccc5cccnc45)c3)cc2)cc1. The van der Waals surface area contributed by atoms with E-state index in [1.54, 1.807) is 0 Å². The van der Waals surface area contributed by atoms with Crippen LogP contribution in [0.1, 0.15) is 0 Å². The van der Waals surface area contributed by atoms with E-state index in [9.17, 15) is 0 Å². The van der Waals surface area contributed by atoms with E-state index in [-0.39, 0.29) is 0 Å². The van der Waals surface area contributed by atoms with Crippen LogP contribution in [0.15, 0.2) is 170 Å². The zero-order chi connectivity index (χ0) is 31.9. The molecule has 4 aromatic heterocycles. The Morgan fingerprint density at radius 2 is 0.896 bits per heavy atom. The lowest BCUT2D eigenvalue weighted by Gasteiger charge is -2.13. The summed E-state index contributed by atoms with van der Waals surface area (Å²) in [6.45, 7) is 0. The molecule has 0 amide bonds. The number of para-hydroxylation sites is 1. The van der Waals surface area contributed by atoms with Gasteiger partial charge < -0.3 is 0 Å². The van der Waals surface area contributed by atoms with E-state index >= 15 is 0 Å². The molecule has 0 unspecified atom stereocenters. The Bertz CT molecular complexity index is 2590. The van der Waals surface area contributed by atoms with Crippen molar-refractivity contribution in [3.8, 4) is 55.8 Å². The van der Waals surface area contributed by atoms with E-state index < -0.39 is 0 Å². The van der Waals surface area contributed by atoms with Gasteiger partial charge in [-0.3, -0.25) is 19.9 Å². The van der Waals surface area contributed by atoms with Crippen molar-refractivity contribution in [1.82, 2.24) is 19.9 Å². The Morgan fingerprint density at radius 3 is 1.69 bits per heavy atom. The molecule has 0 aliphatic heterocycles. The lowest BCUT2D eigenvalue weighted by molar-refractivity contribution is 1.31. The van der Waals surface area contributed by atoms with Crippen LogP contribution >= 0.6 is 0 Å². The second-order valence-corrected chi connectivity index (χ2v) is 12.0. The van der Waals surface area contributed by atoms with Crippen LogP contribution < -0.4 is 0 Å². The van der Waals surface area contributed by atoms with Crippen LogP contribution in [0.25, 0.3) is 88.5 Å². The normalized spacial score (nSPS) is 11.3. The molecule has 224 valence electrons. The lowest BCUT2D eigenvalue weighted by Crippen LogP contribution is -1.91. The van der Waals surface area contributed by atoms with Gasteiger partial charge in [-0.25, -0.2) is 0 Å². The third-order valence-corrected chi connectivity index (χ3v) is 9.02. The maximum Gasteiger partial charge on any atom is 0.0964 e. The molecule has 4 nitrogen and oxygen atoms in total. The second-order valence-electron chi connectivity index (χ2n) is 12.0. The first-order valence-electron chi connectivity index (χ1n) is 16.0. The van der Waals surface area contributed by atoms with Gasteiger partial charge in [0.1, 0.15) is 0 Å². The van der Waals surface area contributed by atoms with Gasteiger partial charge in [0.25, 0.3) is 0 Å². The summed E-state index contributed by atoms with van der Waals surface area (Å²) in [6.07, 6.45) is 7.53. The molecule has 0 aliphatic carbocycles. The van der Waals surface area contributed by atoms with Crippen molar-refractivity contribution in [2.45, 2.75) is 0 Å². The minimum absolute atomic E-state index is 0.903. The smallest absolute Gasteiger partial charge is 0.0964 e. The van der Waals surface area contributed by atoms with Crippen LogP contribution in [0.5, 0.6) is 0 Å². The van der Waals surface area contributed by atoms with E-state index in [2.05, 4.69) is 132 Å². The quantitative estimate of drug-likeness (QED) is 0.181. The highest BCUT2D eigenvalue weighted by Gasteiger charge is 2.13. The number of benzene rings is 5. The minimum atomic E-state index is 0.903. The largest absolute Gasteiger partial charge is 0.256 e. The van der Waals surface area contributed by atoms with Crippen molar-refractivity contribution in [3.05, 3.63) is 170 Å². The summed E-state index contributed by atoms with van der Waals surface area (Å²) in [5.41, 5.74) is 13.7. The van der Waals surface area contributed by atoms with E-state index in [0.717, 1.165) is 77.3 Å². The fourth-order valence-electron chi connectivity index (χ4n) is 6.55. The van der Waals surface area contributed by atoms with Gasteiger partial charge in [-0.2, -0.15) is 0 Å². The third kappa shape index (κ3) is 5.06. The minimum Gasteiger partial charge on any atom is -0.256 e. The maximum absolute atomic E-state index is 4.99. The molecule has 5 aromatic carbocycles. The van der Waals surface area contributed by atoms with E-state index in [4.69, 9.17) is 15.0 Å². The fourth-order valence-corrected chi connectivity index (χ4v) is 6.55. The van der Waals surface area contributed by atoms with Gasteiger partial charge in [-0.15, -0.1) is 0 Å². The van der Waals surface area contributed by atoms with Crippen LogP contribution in [0, 0.1) is 0 Å². The summed E-state index contributed by atoms with van der Waals surface area (Å²) in [5.74, 6) is 0. The average molecular weight is 613 g/mol. The molecule has 9 rings (SSSR count). The average Bonchev–Trinajstić information content (AvgIpc) is 3.17. The maximum atomic E-state index is 4.99. The summed E-state index contributed by atoms with van der Waals surface area (Å²) >= 11 is 0. The highest BCUT2D eigenvalue weighted by Crippen LogP contribution is 2.36. The molecule has 0 aliphatic rings. The van der Waals surface area contributed by atoms with Crippen molar-refractivity contribution in [2.24, 2.45) is 0 Å². The third-order valence-electron chi connectivity index (χ3n) is 9.02. The van der Waals surface area contributed by atoms with Crippen molar-refractivity contribution in [3.63, 3.8) is 0 Å². The van der Waals surface area contributed by atoms with Crippen molar-refractivity contribution < 1.29 is 0 Å². The highest BCUT2D eigenvalue weighted by atomic mass is 14.7. The molecule has 0 atom stereocenters. The zero-order valence-electron chi connectivity index (χ0n) is 26.0. The van der Waals surface area contributed by atoms with Gasteiger partial charge >= 0.3 is 0 Å². The molecular formula is C44H28N4. The molecule has 4 heteroatoms. The highest BCUT2D eigenvalue weighted by molar-refractivity contribution is 6.03. The van der Waals surface area contributed by atoms with Crippen LogP contribution in [-0.2, 0) is 0 Å². The van der Waals surface area contributed by atoms with Gasteiger partial charge in [0, 0.05) is 63.2 Å². The van der Waals surface area contributed by atoms with E-state index in [1.807, 2.05) is 43.0 Å². The Hall–Kier alpha value is -6.52. The second kappa shape index (κ2) is 11.7. The van der Waals surface area contributed by atoms with E-state index in [1.165, 1.54) is 11.1 Å². The number of nitrogens with zero attached hydrogens (tertiary/aromatic N) is 4. The van der Waals surface area contributed by atoms with Gasteiger partial charge in [-0.1, -0.05) is 103 Å². The molecule has 0 saturated carbocycles. The summed E-state index contributed by atoms with van der Waals surface area (Å²) in [6, 6.07) is 51.1. The van der Waals surface area contributed by atoms with Crippen LogP contribution in [0.2, 0.25) is 0 Å². The lowest BCUT2D eigenvalue weighted by atomic mass is 9.93. The first-order chi connectivity index (χ1) is 23.8. The molecule has 0 radical (unpaired) electrons. The Balaban J connectivity index is 1.13. The molecule has 0 spiro atoms. The Labute approximate surface area is 278 Å². The number of fused-ring (bicyclic) bond motifs is 4. The predicted octanol–water partition coefficient (Wildman–Crippen LogP) is 11.1. The summed E-state index contributed by atoms with van der Waals surface area (Å²) in [7, 11) is 0. The summed E-state index contributed by atoms with van der Waals surface area (Å²) in [4.78, 5) is 19.1. The first kappa shape index (κ1) is 27.8. The molecular weight excluding hydrogens is 585 g/mol. The predicted molar refractivity (Wildman–Crippen MR) is 197 cm³/mol. The first-order valence-corrected chi connectivity index (χ1v) is 16.0. The molecule has 4 heterocycles. The Morgan fingerprint density at radius 1 is 0.292 bits per heavy atom. The fraction of sp³-hybridized carbons (Fsp3) is 0. The van der Waals surface area contributed by atoms with Gasteiger partial charge in [-0.05, 0) is 70.3 Å². The Kier molecular flexibility index (Phi) is 6.76. The van der Waals surface area contributed by atoms with Crippen LogP contribution in [-0.4, -0.2) is 19.9 Å². The zero-order valence-corrected chi connectivity index (χ0v) is 26.0. The standard InChI is InChI=1S/C44H28N4/c1-2-7-29(8-3-1)30-13-15-31(16-14-30)36-24-37(40-12-4-9-32-10-5-21-45-42(32)40)26-38(25-36)41-20-19-35(27-47-41)39-23-34-18-17-33-11-6-22-46-43(33)44(34)48-28-39/h1-28H. The number of hydrogen-bond donors (Lipinski definition) is 0. The van der Waals surface area contributed by atoms with Gasteiger partial charge in [0.15, 0.2) is 0 Å². The van der Waals surface area contributed by atoms with E-state index in [0.29, 0.717) is 0 Å². The molecule has 0 saturated heterocycles. The van der Waals surface area contributed by atoms with Crippen molar-refractivity contribution in [2.75, 3.05) is 0 Å². The molecule has 0 N–H and O–H groups in total. The van der Waals surface area contributed by atoms with Crippen LogP contribution in [0.3, 0.4) is 0 Å². The van der Waals surface area contributed by atoms with Crippen LogP contribution in [0.4, 0.5) is 0 Å². The summed E-state index contributed by atoms with van der Waals surface area (Å²) in [5, 5.41) is 3.26. The molecule has 9 aromatic rings. The molecule has 0 fully saturated rings. The monoisotopic (exact) mass is 612 g/mol. The molecule has 48 heavy (non-hydrogen) atoms. The number of pyridine rings is 4. The topological polar surface area (TPSA) is 51.6 Å². The van der Waals surface area contributed by atoms with Crippen molar-refractivity contribution in [1.29, 1.82) is 0 Å². The summed E-state index contributed by atoms with van der Waals surface area (Å²) < 4.78 is 0. The number of rotatable bonds is 5. The molecule has 0 bridgehead atoms. The van der Waals surface area contributed by atoms with Gasteiger partial charge in [0.05, 0.1) is 22.2 Å². The van der Waals surface area contributed by atoms with Crippen molar-refractivity contribution >= 4 is 32.7 Å².